The lowest BCUT2D eigenvalue weighted by Gasteiger charge is -2.37. The SMILES string of the molecule is COc1cc([C@@H]2CCN(C(=O)OC(C)(C)C)C[C@H]2O)ccc1N. The van der Waals surface area contributed by atoms with Crippen LogP contribution in [-0.2, 0) is 4.74 Å². The van der Waals surface area contributed by atoms with Crippen LogP contribution in [0.4, 0.5) is 10.5 Å². The van der Waals surface area contributed by atoms with E-state index in [0.717, 1.165) is 5.56 Å². The lowest BCUT2D eigenvalue weighted by atomic mass is 9.87. The number of nitrogens with two attached hydrogens (primary N) is 1. The zero-order valence-electron chi connectivity index (χ0n) is 14.2. The lowest BCUT2D eigenvalue weighted by molar-refractivity contribution is -0.00153. The number of aliphatic hydroxyl groups is 1. The molecule has 3 N–H and O–H groups in total. The summed E-state index contributed by atoms with van der Waals surface area (Å²) in [5.74, 6) is 0.549. The van der Waals surface area contributed by atoms with E-state index in [0.29, 0.717) is 24.4 Å². The van der Waals surface area contributed by atoms with Crippen LogP contribution in [0, 0.1) is 0 Å². The second-order valence-corrected chi connectivity index (χ2v) is 6.89. The number of carbonyl (C=O) groups is 1. The molecule has 0 radical (unpaired) electrons. The van der Waals surface area contributed by atoms with Crippen molar-refractivity contribution in [3.8, 4) is 5.75 Å². The fourth-order valence-electron chi connectivity index (χ4n) is 2.77. The molecule has 1 aliphatic rings. The Morgan fingerprint density at radius 2 is 2.09 bits per heavy atom. The van der Waals surface area contributed by atoms with Gasteiger partial charge in [0, 0.05) is 12.5 Å². The molecule has 2 rings (SSSR count). The van der Waals surface area contributed by atoms with Gasteiger partial charge in [0.15, 0.2) is 0 Å². The summed E-state index contributed by atoms with van der Waals surface area (Å²) in [4.78, 5) is 13.7. The zero-order chi connectivity index (χ0) is 17.2. The van der Waals surface area contributed by atoms with E-state index in [-0.39, 0.29) is 18.6 Å². The molecule has 23 heavy (non-hydrogen) atoms. The van der Waals surface area contributed by atoms with Crippen LogP contribution >= 0.6 is 0 Å². The molecule has 0 unspecified atom stereocenters. The first-order valence-electron chi connectivity index (χ1n) is 7.80. The van der Waals surface area contributed by atoms with Crippen molar-refractivity contribution in [2.75, 3.05) is 25.9 Å². The highest BCUT2D eigenvalue weighted by molar-refractivity contribution is 5.68. The summed E-state index contributed by atoms with van der Waals surface area (Å²) in [6, 6.07) is 5.53. The molecule has 0 aliphatic carbocycles. The van der Waals surface area contributed by atoms with Gasteiger partial charge in [-0.25, -0.2) is 4.79 Å². The second kappa shape index (κ2) is 6.66. The van der Waals surface area contributed by atoms with Crippen molar-refractivity contribution >= 4 is 11.8 Å². The molecule has 128 valence electrons. The highest BCUT2D eigenvalue weighted by Gasteiger charge is 2.33. The maximum atomic E-state index is 12.1. The first-order valence-corrected chi connectivity index (χ1v) is 7.80. The van der Waals surface area contributed by atoms with Crippen molar-refractivity contribution < 1.29 is 19.4 Å². The van der Waals surface area contributed by atoms with Gasteiger partial charge in [0.1, 0.15) is 11.4 Å². The van der Waals surface area contributed by atoms with Crippen molar-refractivity contribution in [1.82, 2.24) is 4.90 Å². The van der Waals surface area contributed by atoms with E-state index in [1.807, 2.05) is 32.9 Å². The minimum absolute atomic E-state index is 0.0526. The van der Waals surface area contributed by atoms with Crippen molar-refractivity contribution in [2.45, 2.75) is 44.8 Å². The number of amides is 1. The van der Waals surface area contributed by atoms with E-state index in [2.05, 4.69) is 0 Å². The van der Waals surface area contributed by atoms with Gasteiger partial charge in [-0.15, -0.1) is 0 Å². The average molecular weight is 322 g/mol. The number of ether oxygens (including phenoxy) is 2. The second-order valence-electron chi connectivity index (χ2n) is 6.89. The summed E-state index contributed by atoms with van der Waals surface area (Å²) >= 11 is 0. The first-order chi connectivity index (χ1) is 10.7. The molecule has 6 heteroatoms. The summed E-state index contributed by atoms with van der Waals surface area (Å²) in [6.45, 7) is 6.29. The molecule has 0 spiro atoms. The van der Waals surface area contributed by atoms with Crippen molar-refractivity contribution in [1.29, 1.82) is 0 Å². The Kier molecular flexibility index (Phi) is 5.04. The molecule has 1 saturated heterocycles. The lowest BCUT2D eigenvalue weighted by Crippen LogP contribution is -2.47. The summed E-state index contributed by atoms with van der Waals surface area (Å²) in [7, 11) is 1.57. The Labute approximate surface area is 137 Å². The predicted octanol–water partition coefficient (Wildman–Crippen LogP) is 2.36. The summed E-state index contributed by atoms with van der Waals surface area (Å²) in [5.41, 5.74) is 6.82. The number of β-amino-alcohol motifs (C(OH)–C–C–N with tert-alkyl or cyclic N) is 1. The van der Waals surface area contributed by atoms with Gasteiger partial charge in [0.2, 0.25) is 0 Å². The van der Waals surface area contributed by atoms with Crippen LogP contribution in [0.25, 0.3) is 0 Å². The molecule has 6 nitrogen and oxygen atoms in total. The number of methoxy groups -OCH3 is 1. The number of hydrogen-bond donors (Lipinski definition) is 2. The first kappa shape index (κ1) is 17.4. The number of benzene rings is 1. The van der Waals surface area contributed by atoms with E-state index in [9.17, 15) is 9.90 Å². The van der Waals surface area contributed by atoms with Crippen LogP contribution in [0.1, 0.15) is 38.7 Å². The number of likely N-dealkylation sites (tertiary alicyclic amines) is 1. The van der Waals surface area contributed by atoms with E-state index in [4.69, 9.17) is 15.2 Å². The van der Waals surface area contributed by atoms with Gasteiger partial charge < -0.3 is 25.2 Å². The van der Waals surface area contributed by atoms with Crippen LogP contribution in [-0.4, -0.2) is 48.0 Å². The summed E-state index contributed by atoms with van der Waals surface area (Å²) < 4.78 is 10.6. The standard InChI is InChI=1S/C17H26N2O4/c1-17(2,3)23-16(21)19-8-7-12(14(20)10-19)11-5-6-13(18)15(9-11)22-4/h5-6,9,12,14,20H,7-8,10,18H2,1-4H3/t12-,14+/m0/s1. The van der Waals surface area contributed by atoms with Crippen LogP contribution < -0.4 is 10.5 Å². The third-order valence-corrected chi connectivity index (χ3v) is 3.92. The quantitative estimate of drug-likeness (QED) is 0.817. The molecule has 1 fully saturated rings. The molecule has 0 bridgehead atoms. The number of piperidine rings is 1. The fourth-order valence-corrected chi connectivity index (χ4v) is 2.77. The topological polar surface area (TPSA) is 85.0 Å². The normalized spacial score (nSPS) is 21.9. The summed E-state index contributed by atoms with van der Waals surface area (Å²) in [6.07, 6.45) is -0.373. The fraction of sp³-hybridized carbons (Fsp3) is 0.588. The Morgan fingerprint density at radius 3 is 2.65 bits per heavy atom. The van der Waals surface area contributed by atoms with Crippen LogP contribution in [0.5, 0.6) is 5.75 Å². The van der Waals surface area contributed by atoms with Crippen LogP contribution in [0.2, 0.25) is 0 Å². The molecule has 1 aliphatic heterocycles. The van der Waals surface area contributed by atoms with Gasteiger partial charge in [0.05, 0.1) is 25.4 Å². The van der Waals surface area contributed by atoms with Crippen molar-refractivity contribution in [2.24, 2.45) is 0 Å². The van der Waals surface area contributed by atoms with E-state index in [1.54, 1.807) is 18.1 Å². The molecule has 1 aromatic rings. The van der Waals surface area contributed by atoms with Gasteiger partial charge in [0.25, 0.3) is 0 Å². The number of nitrogen functional groups attached to an aromatic ring is 1. The van der Waals surface area contributed by atoms with Crippen molar-refractivity contribution in [3.05, 3.63) is 23.8 Å². The van der Waals surface area contributed by atoms with E-state index < -0.39 is 11.7 Å². The number of nitrogens with zero attached hydrogens (tertiary/aromatic N) is 1. The number of carbonyl (C=O) groups excluding carboxylic acids is 1. The minimum atomic E-state index is -0.649. The Morgan fingerprint density at radius 1 is 1.39 bits per heavy atom. The van der Waals surface area contributed by atoms with Gasteiger partial charge in [-0.1, -0.05) is 6.07 Å². The molecule has 1 amide bonds. The predicted molar refractivity (Wildman–Crippen MR) is 88.6 cm³/mol. The van der Waals surface area contributed by atoms with Crippen molar-refractivity contribution in [3.63, 3.8) is 0 Å². The molecule has 0 aromatic heterocycles. The summed E-state index contributed by atoms with van der Waals surface area (Å²) in [5, 5.41) is 10.5. The number of anilines is 1. The number of aliphatic hydroxyl groups excluding tert-OH is 1. The number of rotatable bonds is 2. The molecule has 2 atom stereocenters. The smallest absolute Gasteiger partial charge is 0.410 e. The highest BCUT2D eigenvalue weighted by Crippen LogP contribution is 2.33. The Hall–Kier alpha value is -1.95. The van der Waals surface area contributed by atoms with Gasteiger partial charge in [-0.3, -0.25) is 0 Å². The van der Waals surface area contributed by atoms with Crippen LogP contribution in [0.3, 0.4) is 0 Å². The third kappa shape index (κ3) is 4.28. The maximum Gasteiger partial charge on any atom is 0.410 e. The largest absolute Gasteiger partial charge is 0.495 e. The van der Waals surface area contributed by atoms with Gasteiger partial charge in [-0.05, 0) is 44.9 Å². The van der Waals surface area contributed by atoms with Crippen LogP contribution in [0.15, 0.2) is 18.2 Å². The monoisotopic (exact) mass is 322 g/mol. The van der Waals surface area contributed by atoms with Gasteiger partial charge >= 0.3 is 6.09 Å². The average Bonchev–Trinajstić information content (AvgIpc) is 2.46. The minimum Gasteiger partial charge on any atom is -0.495 e. The Balaban J connectivity index is 2.06. The zero-order valence-corrected chi connectivity index (χ0v) is 14.2. The highest BCUT2D eigenvalue weighted by atomic mass is 16.6. The Bertz CT molecular complexity index is 568. The van der Waals surface area contributed by atoms with Gasteiger partial charge in [-0.2, -0.15) is 0 Å². The van der Waals surface area contributed by atoms with E-state index in [1.165, 1.54) is 0 Å². The molecular formula is C17H26N2O4. The molecular weight excluding hydrogens is 296 g/mol. The molecule has 0 saturated carbocycles. The maximum absolute atomic E-state index is 12.1. The number of hydrogen-bond acceptors (Lipinski definition) is 5. The van der Waals surface area contributed by atoms with E-state index >= 15 is 0 Å². The third-order valence-electron chi connectivity index (χ3n) is 3.92. The molecule has 1 aromatic carbocycles. The molecule has 1 heterocycles.